The zero-order valence-corrected chi connectivity index (χ0v) is 18.3. The third-order valence-electron chi connectivity index (χ3n) is 8.87. The van der Waals surface area contributed by atoms with E-state index in [1.807, 2.05) is 26.8 Å². The minimum absolute atomic E-state index is 0.0136. The number of cyclic esters (lactones) is 1. The van der Waals surface area contributed by atoms with Crippen LogP contribution in [-0.4, -0.2) is 29.7 Å². The lowest BCUT2D eigenvalue weighted by Gasteiger charge is -2.60. The van der Waals surface area contributed by atoms with Gasteiger partial charge in [0.2, 0.25) is 0 Å². The van der Waals surface area contributed by atoms with Crippen molar-refractivity contribution in [3.05, 3.63) is 46.8 Å². The summed E-state index contributed by atoms with van der Waals surface area (Å²) in [6.45, 7) is 14.6. The number of hydrogen-bond donors (Lipinski definition) is 0. The second kappa shape index (κ2) is 5.43. The first-order valence-electron chi connectivity index (χ1n) is 10.7. The summed E-state index contributed by atoms with van der Waals surface area (Å²) in [4.78, 5) is 37.8. The van der Waals surface area contributed by atoms with Crippen LogP contribution in [0.4, 0.5) is 0 Å². The van der Waals surface area contributed by atoms with Gasteiger partial charge < -0.3 is 9.47 Å². The highest BCUT2D eigenvalue weighted by Crippen LogP contribution is 2.66. The van der Waals surface area contributed by atoms with Crippen molar-refractivity contribution in [1.82, 2.24) is 0 Å². The second-order valence-corrected chi connectivity index (χ2v) is 10.5. The molecule has 3 aliphatic carbocycles. The fourth-order valence-corrected chi connectivity index (χ4v) is 6.64. The van der Waals surface area contributed by atoms with Crippen molar-refractivity contribution < 1.29 is 23.9 Å². The van der Waals surface area contributed by atoms with Crippen molar-refractivity contribution in [3.63, 3.8) is 0 Å². The fraction of sp³-hybridized carbons (Fsp3) is 0.560. The number of allylic oxidation sites excluding steroid dienone is 4. The van der Waals surface area contributed by atoms with E-state index in [0.717, 1.165) is 24.0 Å². The molecule has 1 saturated heterocycles. The van der Waals surface area contributed by atoms with Crippen molar-refractivity contribution in [2.24, 2.45) is 22.2 Å². The Morgan fingerprint density at radius 3 is 2.43 bits per heavy atom. The van der Waals surface area contributed by atoms with Crippen LogP contribution in [0.3, 0.4) is 0 Å². The summed E-state index contributed by atoms with van der Waals surface area (Å²) in [5, 5.41) is 0. The third-order valence-corrected chi connectivity index (χ3v) is 8.87. The highest BCUT2D eigenvalue weighted by molar-refractivity contribution is 6.26. The molecule has 2 aliphatic heterocycles. The van der Waals surface area contributed by atoms with Crippen molar-refractivity contribution in [3.8, 4) is 0 Å². The highest BCUT2D eigenvalue weighted by atomic mass is 16.5. The van der Waals surface area contributed by atoms with E-state index < -0.39 is 27.8 Å². The normalized spacial score (nSPS) is 41.7. The van der Waals surface area contributed by atoms with Crippen molar-refractivity contribution in [1.29, 1.82) is 0 Å². The first-order chi connectivity index (χ1) is 13.9. The molecule has 2 heterocycles. The predicted molar refractivity (Wildman–Crippen MR) is 110 cm³/mol. The Morgan fingerprint density at radius 1 is 1.10 bits per heavy atom. The van der Waals surface area contributed by atoms with E-state index in [1.165, 1.54) is 0 Å². The summed E-state index contributed by atoms with van der Waals surface area (Å²) in [5.74, 6) is -0.0229. The molecule has 158 valence electrons. The van der Waals surface area contributed by atoms with Crippen LogP contribution < -0.4 is 0 Å². The lowest BCUT2D eigenvalue weighted by Crippen LogP contribution is -2.57. The van der Waals surface area contributed by atoms with Gasteiger partial charge in [0.25, 0.3) is 0 Å². The van der Waals surface area contributed by atoms with E-state index in [9.17, 15) is 14.4 Å². The molecular formula is C25H28O5. The maximum Gasteiger partial charge on any atom is 0.342 e. The van der Waals surface area contributed by atoms with Crippen LogP contribution in [0.15, 0.2) is 46.8 Å². The average molecular weight is 408 g/mol. The molecule has 1 saturated carbocycles. The average Bonchev–Trinajstić information content (AvgIpc) is 3.18. The van der Waals surface area contributed by atoms with Gasteiger partial charge in [0.15, 0.2) is 11.6 Å². The number of Topliss-reactive ketones (excluding diaryl/α,β-unsaturated/α-hetero) is 1. The molecule has 0 radical (unpaired) electrons. The molecule has 5 aliphatic rings. The summed E-state index contributed by atoms with van der Waals surface area (Å²) >= 11 is 0. The molecular weight excluding hydrogens is 380 g/mol. The Labute approximate surface area is 176 Å². The Bertz CT molecular complexity index is 1050. The number of ketones is 2. The molecule has 0 aromatic heterocycles. The van der Waals surface area contributed by atoms with Crippen LogP contribution in [0.1, 0.15) is 53.9 Å². The molecule has 0 bridgehead atoms. The number of esters is 1. The van der Waals surface area contributed by atoms with Crippen molar-refractivity contribution in [2.45, 2.75) is 59.5 Å². The Morgan fingerprint density at radius 2 is 1.80 bits per heavy atom. The van der Waals surface area contributed by atoms with E-state index in [4.69, 9.17) is 9.47 Å². The molecule has 1 spiro atoms. The van der Waals surface area contributed by atoms with Gasteiger partial charge in [0, 0.05) is 22.3 Å². The van der Waals surface area contributed by atoms with Gasteiger partial charge in [-0.05, 0) is 51.7 Å². The molecule has 0 N–H and O–H groups in total. The minimum atomic E-state index is -0.596. The van der Waals surface area contributed by atoms with Crippen LogP contribution in [0.25, 0.3) is 0 Å². The lowest BCUT2D eigenvalue weighted by molar-refractivity contribution is -0.138. The molecule has 0 aromatic carbocycles. The monoisotopic (exact) mass is 408 g/mol. The quantitative estimate of drug-likeness (QED) is 0.344. The maximum absolute atomic E-state index is 12.9. The molecule has 5 heteroatoms. The van der Waals surface area contributed by atoms with Crippen LogP contribution in [0, 0.1) is 22.2 Å². The smallest absolute Gasteiger partial charge is 0.342 e. The van der Waals surface area contributed by atoms with Gasteiger partial charge in [-0.2, -0.15) is 0 Å². The number of fused-ring (bicyclic) bond motifs is 3. The largest absolute Gasteiger partial charge is 0.490 e. The minimum Gasteiger partial charge on any atom is -0.490 e. The summed E-state index contributed by atoms with van der Waals surface area (Å²) in [6.07, 6.45) is 5.98. The van der Waals surface area contributed by atoms with Gasteiger partial charge in [-0.3, -0.25) is 9.59 Å². The first-order valence-corrected chi connectivity index (χ1v) is 10.7. The van der Waals surface area contributed by atoms with E-state index in [0.29, 0.717) is 17.8 Å². The van der Waals surface area contributed by atoms with E-state index >= 15 is 0 Å². The topological polar surface area (TPSA) is 69.7 Å². The molecule has 0 aromatic rings. The van der Waals surface area contributed by atoms with Gasteiger partial charge >= 0.3 is 5.97 Å². The van der Waals surface area contributed by atoms with Crippen LogP contribution in [0.5, 0.6) is 0 Å². The zero-order valence-electron chi connectivity index (χ0n) is 18.3. The van der Waals surface area contributed by atoms with E-state index in [-0.39, 0.29) is 29.7 Å². The SMILES string of the molecule is C=C1[C@@H]2C[C@]3(C)C4=C(C(=O)OC4)C(=O)C(C)=C3O[C@@]2(C)CC[C@]12C=CC(=O)C2(C)C. The number of carbonyl (C=O) groups excluding carboxylic acids is 3. The molecule has 5 rings (SSSR count). The third kappa shape index (κ3) is 1.97. The Hall–Kier alpha value is -2.43. The second-order valence-electron chi connectivity index (χ2n) is 10.5. The molecule has 5 nitrogen and oxygen atoms in total. The number of ether oxygens (including phenoxy) is 2. The summed E-state index contributed by atoms with van der Waals surface area (Å²) in [7, 11) is 0. The summed E-state index contributed by atoms with van der Waals surface area (Å²) < 4.78 is 11.9. The zero-order chi connectivity index (χ0) is 21.9. The first kappa shape index (κ1) is 19.5. The van der Waals surface area contributed by atoms with Crippen molar-refractivity contribution in [2.75, 3.05) is 6.61 Å². The molecule has 2 fully saturated rings. The van der Waals surface area contributed by atoms with Gasteiger partial charge in [-0.1, -0.05) is 32.1 Å². The van der Waals surface area contributed by atoms with Gasteiger partial charge in [-0.25, -0.2) is 4.79 Å². The number of hydrogen-bond acceptors (Lipinski definition) is 5. The number of rotatable bonds is 0. The van der Waals surface area contributed by atoms with Crippen LogP contribution >= 0.6 is 0 Å². The molecule has 0 unspecified atom stereocenters. The number of carbonyl (C=O) groups is 3. The standard InChI is InChI=1S/C25H28O5/c1-13-19(27)18-16(12-29-21(18)28)23(5)11-15-14(2)25(8-7-17(26)22(25,3)4)10-9-24(15,6)30-20(13)23/h7-8,15H,2,9-12H2,1,3-6H3/t15-,23+,24-,25+/m0/s1. The van der Waals surface area contributed by atoms with Gasteiger partial charge in [0.05, 0.1) is 5.41 Å². The maximum atomic E-state index is 12.9. The van der Waals surface area contributed by atoms with Crippen LogP contribution in [0.2, 0.25) is 0 Å². The van der Waals surface area contributed by atoms with Gasteiger partial charge in [-0.15, -0.1) is 0 Å². The predicted octanol–water partition coefficient (Wildman–Crippen LogP) is 4.00. The van der Waals surface area contributed by atoms with E-state index in [1.54, 1.807) is 13.0 Å². The molecule has 30 heavy (non-hydrogen) atoms. The molecule has 4 atom stereocenters. The highest BCUT2D eigenvalue weighted by Gasteiger charge is 2.64. The Kier molecular flexibility index (Phi) is 3.53. The van der Waals surface area contributed by atoms with E-state index in [2.05, 4.69) is 13.5 Å². The summed E-state index contributed by atoms with van der Waals surface area (Å²) in [5.41, 5.74) is 0.383. The van der Waals surface area contributed by atoms with Gasteiger partial charge in [0.1, 0.15) is 23.5 Å². The van der Waals surface area contributed by atoms with Crippen molar-refractivity contribution >= 4 is 17.5 Å². The fourth-order valence-electron chi connectivity index (χ4n) is 6.64. The van der Waals surface area contributed by atoms with Crippen LogP contribution in [-0.2, 0) is 23.9 Å². The summed E-state index contributed by atoms with van der Waals surface area (Å²) in [6, 6.07) is 0. The lowest BCUT2D eigenvalue weighted by atomic mass is 9.49. The Balaban J connectivity index is 1.63. The molecule has 0 amide bonds.